The lowest BCUT2D eigenvalue weighted by Crippen LogP contribution is -2.36. The summed E-state index contributed by atoms with van der Waals surface area (Å²) in [4.78, 5) is 34.3. The Morgan fingerprint density at radius 2 is 2.17 bits per heavy atom. The minimum absolute atomic E-state index is 0.0862. The number of hydrogen-bond acceptors (Lipinski definition) is 5. The van der Waals surface area contributed by atoms with E-state index in [1.807, 2.05) is 0 Å². The van der Waals surface area contributed by atoms with Crippen molar-refractivity contribution in [2.45, 2.75) is 12.5 Å². The van der Waals surface area contributed by atoms with Gasteiger partial charge in [-0.1, -0.05) is 0 Å². The van der Waals surface area contributed by atoms with Crippen molar-refractivity contribution in [2.75, 3.05) is 31.1 Å². The zero-order chi connectivity index (χ0) is 13.5. The summed E-state index contributed by atoms with van der Waals surface area (Å²) < 4.78 is 0. The van der Waals surface area contributed by atoms with Crippen molar-refractivity contribution in [3.63, 3.8) is 0 Å². The van der Waals surface area contributed by atoms with Gasteiger partial charge in [0.25, 0.3) is 0 Å². The van der Waals surface area contributed by atoms with Gasteiger partial charge in [0.2, 0.25) is 11.8 Å². The third kappa shape index (κ3) is 5.37. The third-order valence-corrected chi connectivity index (χ3v) is 3.27. The van der Waals surface area contributed by atoms with Gasteiger partial charge in [-0.05, 0) is 0 Å². The Bertz CT molecular complexity index is 336. The Hall–Kier alpha value is -1.28. The molecule has 102 valence electrons. The van der Waals surface area contributed by atoms with E-state index in [4.69, 9.17) is 5.11 Å². The molecule has 0 radical (unpaired) electrons. The SMILES string of the molecule is O=C(O)CSCC(=O)NCCN1C[C@@H](O)CC1=O. The molecule has 1 aliphatic heterocycles. The Morgan fingerprint density at radius 1 is 1.44 bits per heavy atom. The van der Waals surface area contributed by atoms with Gasteiger partial charge < -0.3 is 20.4 Å². The van der Waals surface area contributed by atoms with Crippen molar-refractivity contribution in [1.82, 2.24) is 10.2 Å². The lowest BCUT2D eigenvalue weighted by molar-refractivity contribution is -0.134. The fourth-order valence-corrected chi connectivity index (χ4v) is 2.14. The first-order valence-electron chi connectivity index (χ1n) is 5.51. The summed E-state index contributed by atoms with van der Waals surface area (Å²) in [7, 11) is 0. The zero-order valence-electron chi connectivity index (χ0n) is 9.79. The largest absolute Gasteiger partial charge is 0.481 e. The number of nitrogens with zero attached hydrogens (tertiary/aromatic N) is 1. The number of carboxylic acid groups (broad SMARTS) is 1. The van der Waals surface area contributed by atoms with Crippen LogP contribution < -0.4 is 5.32 Å². The number of carbonyl (C=O) groups excluding carboxylic acids is 2. The first kappa shape index (κ1) is 14.8. The number of rotatable bonds is 7. The Morgan fingerprint density at radius 3 is 2.72 bits per heavy atom. The maximum Gasteiger partial charge on any atom is 0.313 e. The molecule has 1 heterocycles. The van der Waals surface area contributed by atoms with Gasteiger partial charge in [0.15, 0.2) is 0 Å². The number of carboxylic acids is 1. The minimum atomic E-state index is -0.954. The van der Waals surface area contributed by atoms with Gasteiger partial charge in [0.1, 0.15) is 0 Å². The number of aliphatic carboxylic acids is 1. The molecule has 18 heavy (non-hydrogen) atoms. The maximum absolute atomic E-state index is 11.3. The normalized spacial score (nSPS) is 19.1. The average Bonchev–Trinajstić information content (AvgIpc) is 2.57. The van der Waals surface area contributed by atoms with Crippen LogP contribution >= 0.6 is 11.8 Å². The molecule has 1 aliphatic rings. The Labute approximate surface area is 109 Å². The van der Waals surface area contributed by atoms with Crippen LogP contribution in [-0.2, 0) is 14.4 Å². The van der Waals surface area contributed by atoms with E-state index < -0.39 is 12.1 Å². The van der Waals surface area contributed by atoms with Gasteiger partial charge >= 0.3 is 5.97 Å². The highest BCUT2D eigenvalue weighted by atomic mass is 32.2. The molecule has 1 saturated heterocycles. The summed E-state index contributed by atoms with van der Waals surface area (Å²) in [5.41, 5.74) is 0. The van der Waals surface area contributed by atoms with Gasteiger partial charge in [-0.15, -0.1) is 11.8 Å². The molecule has 0 unspecified atom stereocenters. The zero-order valence-corrected chi connectivity index (χ0v) is 10.6. The standard InChI is InChI=1S/C10H16N2O5S/c13-7-3-9(15)12(4-7)2-1-11-8(14)5-18-6-10(16)17/h7,13H,1-6H2,(H,11,14)(H,16,17)/t7-/m0/s1. The molecule has 2 amide bonds. The van der Waals surface area contributed by atoms with Gasteiger partial charge in [0, 0.05) is 19.6 Å². The highest BCUT2D eigenvalue weighted by Gasteiger charge is 2.27. The van der Waals surface area contributed by atoms with Crippen molar-refractivity contribution in [3.8, 4) is 0 Å². The van der Waals surface area contributed by atoms with E-state index in [0.717, 1.165) is 11.8 Å². The van der Waals surface area contributed by atoms with Gasteiger partial charge in [0.05, 0.1) is 24.0 Å². The van der Waals surface area contributed by atoms with Gasteiger partial charge in [-0.25, -0.2) is 0 Å². The highest BCUT2D eigenvalue weighted by Crippen LogP contribution is 2.09. The van der Waals surface area contributed by atoms with E-state index in [9.17, 15) is 19.5 Å². The summed E-state index contributed by atoms with van der Waals surface area (Å²) in [5, 5.41) is 20.2. The van der Waals surface area contributed by atoms with E-state index >= 15 is 0 Å². The lowest BCUT2D eigenvalue weighted by Gasteiger charge is -2.15. The number of hydrogen-bond donors (Lipinski definition) is 3. The number of thioether (sulfide) groups is 1. The molecule has 8 heteroatoms. The molecule has 0 spiro atoms. The summed E-state index contributed by atoms with van der Waals surface area (Å²) in [6, 6.07) is 0. The van der Waals surface area contributed by atoms with Crippen molar-refractivity contribution in [1.29, 1.82) is 0 Å². The van der Waals surface area contributed by atoms with Crippen molar-refractivity contribution >= 4 is 29.5 Å². The molecule has 0 aromatic heterocycles. The molecule has 0 aromatic carbocycles. The van der Waals surface area contributed by atoms with Crippen LogP contribution in [0.15, 0.2) is 0 Å². The van der Waals surface area contributed by atoms with Crippen molar-refractivity contribution in [3.05, 3.63) is 0 Å². The third-order valence-electron chi connectivity index (χ3n) is 2.36. The predicted octanol–water partition coefficient (Wildman–Crippen LogP) is -1.49. The number of aliphatic hydroxyl groups excluding tert-OH is 1. The fraction of sp³-hybridized carbons (Fsp3) is 0.700. The highest BCUT2D eigenvalue weighted by molar-refractivity contribution is 8.00. The number of likely N-dealkylation sites (tertiary alicyclic amines) is 1. The molecule has 1 rings (SSSR count). The number of amides is 2. The lowest BCUT2D eigenvalue weighted by atomic mass is 10.3. The van der Waals surface area contributed by atoms with Crippen LogP contribution in [0.2, 0.25) is 0 Å². The van der Waals surface area contributed by atoms with Crippen LogP contribution in [0.5, 0.6) is 0 Å². The molecule has 7 nitrogen and oxygen atoms in total. The van der Waals surface area contributed by atoms with Crippen LogP contribution in [0.1, 0.15) is 6.42 Å². The molecular weight excluding hydrogens is 260 g/mol. The summed E-state index contributed by atoms with van der Waals surface area (Å²) >= 11 is 1.02. The number of carbonyl (C=O) groups is 3. The van der Waals surface area contributed by atoms with Crippen LogP contribution in [0.25, 0.3) is 0 Å². The number of β-amino-alcohol motifs (C(OH)–C–C–N with tert-alkyl or cyclic N) is 1. The van der Waals surface area contributed by atoms with Crippen LogP contribution in [0.3, 0.4) is 0 Å². The molecule has 0 aliphatic carbocycles. The second-order valence-corrected chi connectivity index (χ2v) is 4.92. The molecule has 0 aromatic rings. The van der Waals surface area contributed by atoms with Crippen LogP contribution in [0, 0.1) is 0 Å². The quantitative estimate of drug-likeness (QED) is 0.523. The second kappa shape index (κ2) is 7.22. The Kier molecular flexibility index (Phi) is 5.93. The molecular formula is C10H16N2O5S. The molecule has 1 atom stereocenters. The maximum atomic E-state index is 11.3. The monoisotopic (exact) mass is 276 g/mol. The summed E-state index contributed by atoms with van der Waals surface area (Å²) in [6.45, 7) is 0.985. The van der Waals surface area contributed by atoms with E-state index in [0.29, 0.717) is 19.6 Å². The first-order chi connectivity index (χ1) is 8.49. The topological polar surface area (TPSA) is 107 Å². The van der Waals surface area contributed by atoms with Gasteiger partial charge in [-0.3, -0.25) is 14.4 Å². The van der Waals surface area contributed by atoms with Crippen molar-refractivity contribution < 1.29 is 24.6 Å². The van der Waals surface area contributed by atoms with E-state index in [-0.39, 0.29) is 29.7 Å². The van der Waals surface area contributed by atoms with Crippen LogP contribution in [0.4, 0.5) is 0 Å². The number of aliphatic hydroxyl groups is 1. The smallest absolute Gasteiger partial charge is 0.313 e. The van der Waals surface area contributed by atoms with E-state index in [1.54, 1.807) is 0 Å². The molecule has 1 fully saturated rings. The molecule has 3 N–H and O–H groups in total. The first-order valence-corrected chi connectivity index (χ1v) is 6.66. The predicted molar refractivity (Wildman–Crippen MR) is 65.2 cm³/mol. The van der Waals surface area contributed by atoms with E-state index in [1.165, 1.54) is 4.90 Å². The number of nitrogens with one attached hydrogen (secondary N) is 1. The average molecular weight is 276 g/mol. The second-order valence-electron chi connectivity index (χ2n) is 3.93. The molecule has 0 bridgehead atoms. The van der Waals surface area contributed by atoms with Crippen molar-refractivity contribution in [2.24, 2.45) is 0 Å². The Balaban J connectivity index is 2.08. The van der Waals surface area contributed by atoms with Crippen LogP contribution in [-0.4, -0.2) is 70.1 Å². The van der Waals surface area contributed by atoms with E-state index in [2.05, 4.69) is 5.32 Å². The van der Waals surface area contributed by atoms with Gasteiger partial charge in [-0.2, -0.15) is 0 Å². The summed E-state index contributed by atoms with van der Waals surface area (Å²) in [5.74, 6) is -1.34. The molecule has 0 saturated carbocycles. The minimum Gasteiger partial charge on any atom is -0.481 e. The summed E-state index contributed by atoms with van der Waals surface area (Å²) in [6.07, 6.45) is -0.470. The fourth-order valence-electron chi connectivity index (χ4n) is 1.58.